The number of hydrogen-bond acceptors (Lipinski definition) is 3. The lowest BCUT2D eigenvalue weighted by Gasteiger charge is -2.10. The molecule has 3 aromatic rings. The Labute approximate surface area is 151 Å². The first-order valence-corrected chi connectivity index (χ1v) is 8.31. The largest absolute Gasteiger partial charge is 0.380 e. The van der Waals surface area contributed by atoms with E-state index in [-0.39, 0.29) is 5.91 Å². The summed E-state index contributed by atoms with van der Waals surface area (Å²) in [7, 11) is 0. The molecule has 1 amide bonds. The average Bonchev–Trinajstić information content (AvgIpc) is 2.62. The van der Waals surface area contributed by atoms with Crippen LogP contribution in [0.3, 0.4) is 0 Å². The summed E-state index contributed by atoms with van der Waals surface area (Å²) in [6.45, 7) is 2.51. The van der Waals surface area contributed by atoms with Crippen LogP contribution in [0.4, 0.5) is 11.5 Å². The van der Waals surface area contributed by atoms with Gasteiger partial charge in [-0.3, -0.25) is 4.79 Å². The predicted octanol–water partition coefficient (Wildman–Crippen LogP) is 4.91. The van der Waals surface area contributed by atoms with Crippen LogP contribution in [0.15, 0.2) is 66.9 Å². The van der Waals surface area contributed by atoms with Gasteiger partial charge in [-0.15, -0.1) is 0 Å². The van der Waals surface area contributed by atoms with E-state index >= 15 is 0 Å². The number of carbonyl (C=O) groups is 1. The molecule has 126 valence electrons. The van der Waals surface area contributed by atoms with Gasteiger partial charge in [0.05, 0.1) is 11.9 Å². The molecule has 5 heteroatoms. The standard InChI is InChI=1S/C20H18ClN3O/c1-14-6-2-4-8-17(14)20(25)24-19-11-10-16(13-23-19)22-12-15-7-3-5-9-18(15)21/h2-11,13,22H,12H2,1H3,(H,23,24,25). The van der Waals surface area contributed by atoms with Crippen molar-refractivity contribution >= 4 is 29.0 Å². The molecular formula is C20H18ClN3O. The van der Waals surface area contributed by atoms with Crippen LogP contribution in [0, 0.1) is 6.92 Å². The number of benzene rings is 2. The van der Waals surface area contributed by atoms with Gasteiger partial charge in [0.15, 0.2) is 0 Å². The highest BCUT2D eigenvalue weighted by Gasteiger charge is 2.09. The van der Waals surface area contributed by atoms with Gasteiger partial charge in [-0.2, -0.15) is 0 Å². The summed E-state index contributed by atoms with van der Waals surface area (Å²) in [5.74, 6) is 0.346. The Morgan fingerprint density at radius 2 is 1.80 bits per heavy atom. The van der Waals surface area contributed by atoms with E-state index in [2.05, 4.69) is 15.6 Å². The number of rotatable bonds is 5. The van der Waals surface area contributed by atoms with Gasteiger partial charge in [0.2, 0.25) is 0 Å². The van der Waals surface area contributed by atoms with Crippen LogP contribution in [0.2, 0.25) is 5.02 Å². The molecule has 0 atom stereocenters. The molecular weight excluding hydrogens is 334 g/mol. The second-order valence-electron chi connectivity index (χ2n) is 5.65. The minimum atomic E-state index is -0.164. The summed E-state index contributed by atoms with van der Waals surface area (Å²) >= 11 is 6.14. The third kappa shape index (κ3) is 4.37. The molecule has 1 heterocycles. The molecule has 4 nitrogen and oxygen atoms in total. The fourth-order valence-electron chi connectivity index (χ4n) is 2.42. The summed E-state index contributed by atoms with van der Waals surface area (Å²) in [5, 5.41) is 6.80. The summed E-state index contributed by atoms with van der Waals surface area (Å²) in [6, 6.07) is 18.8. The molecule has 0 aliphatic carbocycles. The van der Waals surface area contributed by atoms with Crippen molar-refractivity contribution in [2.24, 2.45) is 0 Å². The lowest BCUT2D eigenvalue weighted by molar-refractivity contribution is 0.102. The molecule has 0 spiro atoms. The number of nitrogens with one attached hydrogen (secondary N) is 2. The van der Waals surface area contributed by atoms with Crippen LogP contribution in [0.1, 0.15) is 21.5 Å². The van der Waals surface area contributed by atoms with Crippen molar-refractivity contribution in [1.29, 1.82) is 0 Å². The molecule has 0 unspecified atom stereocenters. The summed E-state index contributed by atoms with van der Waals surface area (Å²) < 4.78 is 0. The van der Waals surface area contributed by atoms with E-state index in [1.54, 1.807) is 18.3 Å². The van der Waals surface area contributed by atoms with Crippen LogP contribution >= 0.6 is 11.6 Å². The third-order valence-electron chi connectivity index (χ3n) is 3.84. The Hall–Kier alpha value is -2.85. The average molecular weight is 352 g/mol. The van der Waals surface area contributed by atoms with E-state index in [4.69, 9.17) is 11.6 Å². The number of carbonyl (C=O) groups excluding carboxylic acids is 1. The van der Waals surface area contributed by atoms with Crippen LogP contribution in [0.5, 0.6) is 0 Å². The Morgan fingerprint density at radius 3 is 2.52 bits per heavy atom. The maximum atomic E-state index is 12.3. The van der Waals surface area contributed by atoms with Crippen molar-refractivity contribution in [3.63, 3.8) is 0 Å². The fraction of sp³-hybridized carbons (Fsp3) is 0.100. The van der Waals surface area contributed by atoms with Gasteiger partial charge in [0.1, 0.15) is 5.82 Å². The normalized spacial score (nSPS) is 10.3. The molecule has 2 N–H and O–H groups in total. The summed E-state index contributed by atoms with van der Waals surface area (Å²) in [4.78, 5) is 16.6. The van der Waals surface area contributed by atoms with E-state index in [0.717, 1.165) is 21.8 Å². The Balaban J connectivity index is 1.62. The van der Waals surface area contributed by atoms with Gasteiger partial charge < -0.3 is 10.6 Å². The molecule has 0 radical (unpaired) electrons. The Bertz CT molecular complexity index is 878. The smallest absolute Gasteiger partial charge is 0.257 e. The Kier molecular flexibility index (Phi) is 5.31. The number of halogens is 1. The van der Waals surface area contributed by atoms with E-state index in [1.807, 2.05) is 55.5 Å². The summed E-state index contributed by atoms with van der Waals surface area (Å²) in [5.41, 5.74) is 3.44. The lowest BCUT2D eigenvalue weighted by Crippen LogP contribution is -2.14. The van der Waals surface area contributed by atoms with Gasteiger partial charge in [-0.25, -0.2) is 4.98 Å². The number of aromatic nitrogens is 1. The first-order chi connectivity index (χ1) is 12.1. The van der Waals surface area contributed by atoms with E-state index < -0.39 is 0 Å². The van der Waals surface area contributed by atoms with E-state index in [0.29, 0.717) is 17.9 Å². The topological polar surface area (TPSA) is 54.0 Å². The SMILES string of the molecule is Cc1ccccc1C(=O)Nc1ccc(NCc2ccccc2Cl)cn1. The van der Waals surface area contributed by atoms with Crippen LogP contribution in [-0.2, 0) is 6.54 Å². The lowest BCUT2D eigenvalue weighted by atomic mass is 10.1. The van der Waals surface area contributed by atoms with E-state index in [9.17, 15) is 4.79 Å². The molecule has 1 aromatic heterocycles. The van der Waals surface area contributed by atoms with Crippen molar-refractivity contribution in [2.75, 3.05) is 10.6 Å². The molecule has 2 aromatic carbocycles. The zero-order valence-corrected chi connectivity index (χ0v) is 14.5. The van der Waals surface area contributed by atoms with E-state index in [1.165, 1.54) is 0 Å². The number of nitrogens with zero attached hydrogens (tertiary/aromatic N) is 1. The van der Waals surface area contributed by atoms with Gasteiger partial charge in [-0.05, 0) is 42.3 Å². The quantitative estimate of drug-likeness (QED) is 0.686. The molecule has 0 aliphatic heterocycles. The zero-order chi connectivity index (χ0) is 17.6. The molecule has 3 rings (SSSR count). The Morgan fingerprint density at radius 1 is 1.04 bits per heavy atom. The number of amides is 1. The molecule has 0 aliphatic rings. The van der Waals surface area contributed by atoms with Crippen molar-refractivity contribution in [1.82, 2.24) is 4.98 Å². The molecule has 0 fully saturated rings. The maximum Gasteiger partial charge on any atom is 0.257 e. The second-order valence-corrected chi connectivity index (χ2v) is 6.05. The van der Waals surface area contributed by atoms with Crippen LogP contribution in [-0.4, -0.2) is 10.9 Å². The monoisotopic (exact) mass is 351 g/mol. The predicted molar refractivity (Wildman–Crippen MR) is 102 cm³/mol. The minimum Gasteiger partial charge on any atom is -0.380 e. The highest BCUT2D eigenvalue weighted by Crippen LogP contribution is 2.18. The zero-order valence-electron chi connectivity index (χ0n) is 13.8. The summed E-state index contributed by atoms with van der Waals surface area (Å²) in [6.07, 6.45) is 1.68. The van der Waals surface area contributed by atoms with Crippen LogP contribution in [0.25, 0.3) is 0 Å². The minimum absolute atomic E-state index is 0.164. The molecule has 0 saturated carbocycles. The number of pyridine rings is 1. The number of anilines is 2. The second kappa shape index (κ2) is 7.81. The maximum absolute atomic E-state index is 12.3. The van der Waals surface area contributed by atoms with Gasteiger partial charge >= 0.3 is 0 Å². The highest BCUT2D eigenvalue weighted by atomic mass is 35.5. The molecule has 25 heavy (non-hydrogen) atoms. The highest BCUT2D eigenvalue weighted by molar-refractivity contribution is 6.31. The molecule has 0 saturated heterocycles. The first kappa shape index (κ1) is 17.0. The van der Waals surface area contributed by atoms with Crippen molar-refractivity contribution in [2.45, 2.75) is 13.5 Å². The van der Waals surface area contributed by atoms with Crippen LogP contribution < -0.4 is 10.6 Å². The number of aryl methyl sites for hydroxylation is 1. The van der Waals surface area contributed by atoms with Crippen molar-refractivity contribution in [3.05, 3.63) is 88.6 Å². The number of hydrogen-bond donors (Lipinski definition) is 2. The fourth-order valence-corrected chi connectivity index (χ4v) is 2.63. The van der Waals surface area contributed by atoms with Gasteiger partial charge in [-0.1, -0.05) is 48.0 Å². The molecule has 0 bridgehead atoms. The van der Waals surface area contributed by atoms with Crippen molar-refractivity contribution < 1.29 is 4.79 Å². The van der Waals surface area contributed by atoms with Crippen molar-refractivity contribution in [3.8, 4) is 0 Å². The first-order valence-electron chi connectivity index (χ1n) is 7.94. The van der Waals surface area contributed by atoms with Gasteiger partial charge in [0.25, 0.3) is 5.91 Å². The van der Waals surface area contributed by atoms with Gasteiger partial charge in [0, 0.05) is 17.1 Å². The third-order valence-corrected chi connectivity index (χ3v) is 4.20.